The zero-order valence-corrected chi connectivity index (χ0v) is 9.84. The summed E-state index contributed by atoms with van der Waals surface area (Å²) in [5, 5.41) is 2.32. The molecule has 0 aliphatic heterocycles. The highest BCUT2D eigenvalue weighted by atomic mass is 16.2. The first kappa shape index (κ1) is 12.0. The number of aryl methyl sites for hydroxylation is 1. The number of nitrogens with one attached hydrogen (secondary N) is 1. The van der Waals surface area contributed by atoms with E-state index in [0.717, 1.165) is 22.4 Å². The van der Waals surface area contributed by atoms with Crippen molar-refractivity contribution < 1.29 is 4.79 Å². The molecule has 0 fully saturated rings. The molecule has 2 aromatic rings. The van der Waals surface area contributed by atoms with Crippen molar-refractivity contribution in [1.82, 2.24) is 9.78 Å². The number of nitrogens with zero attached hydrogens (tertiary/aromatic N) is 1. The highest BCUT2D eigenvalue weighted by Gasteiger charge is 2.10. The van der Waals surface area contributed by atoms with Crippen LogP contribution in [-0.4, -0.2) is 15.6 Å². The molecular formula is C13H12N2O3. The van der Waals surface area contributed by atoms with Gasteiger partial charge in [0.2, 0.25) is 0 Å². The number of H-pyrrole nitrogens is 1. The summed E-state index contributed by atoms with van der Waals surface area (Å²) < 4.78 is 1.01. The van der Waals surface area contributed by atoms with Crippen LogP contribution in [0.15, 0.2) is 46.0 Å². The first-order valence-electron chi connectivity index (χ1n) is 5.47. The van der Waals surface area contributed by atoms with E-state index in [1.807, 2.05) is 19.1 Å². The van der Waals surface area contributed by atoms with E-state index in [0.29, 0.717) is 5.56 Å². The number of hydrogen-bond donors (Lipinski definition) is 1. The van der Waals surface area contributed by atoms with Crippen LogP contribution in [0.2, 0.25) is 0 Å². The molecule has 0 saturated heterocycles. The van der Waals surface area contributed by atoms with Crippen LogP contribution in [0.5, 0.6) is 0 Å². The van der Waals surface area contributed by atoms with Gasteiger partial charge in [-0.05, 0) is 12.5 Å². The first-order chi connectivity index (χ1) is 8.58. The lowest BCUT2D eigenvalue weighted by Crippen LogP contribution is -2.30. The number of hydrogen-bond acceptors (Lipinski definition) is 3. The van der Waals surface area contributed by atoms with Crippen LogP contribution in [0.4, 0.5) is 0 Å². The molecule has 0 atom stereocenters. The molecule has 1 aromatic heterocycles. The standard InChI is InChI=1S/C13H12N2O3/c1-9-4-2-3-5-10(9)11(16)8-15-13(18)7-6-12(17)14-15/h2-7H,8H2,1H3,(H,14,17). The van der Waals surface area contributed by atoms with Crippen molar-refractivity contribution in [3.8, 4) is 0 Å². The Labute approximate surface area is 103 Å². The van der Waals surface area contributed by atoms with E-state index >= 15 is 0 Å². The van der Waals surface area contributed by atoms with E-state index in [1.165, 1.54) is 0 Å². The zero-order valence-electron chi connectivity index (χ0n) is 9.84. The molecule has 92 valence electrons. The third kappa shape index (κ3) is 2.45. The molecule has 0 unspecified atom stereocenters. The van der Waals surface area contributed by atoms with Gasteiger partial charge in [-0.3, -0.25) is 19.5 Å². The summed E-state index contributed by atoms with van der Waals surface area (Å²) in [5.41, 5.74) is 0.576. The van der Waals surface area contributed by atoms with Gasteiger partial charge >= 0.3 is 0 Å². The molecule has 0 saturated carbocycles. The predicted octanol–water partition coefficient (Wildman–Crippen LogP) is 0.728. The molecule has 5 heteroatoms. The van der Waals surface area contributed by atoms with E-state index in [1.54, 1.807) is 12.1 Å². The van der Waals surface area contributed by atoms with Crippen LogP contribution < -0.4 is 11.1 Å². The summed E-state index contributed by atoms with van der Waals surface area (Å²) in [5.74, 6) is -0.211. The van der Waals surface area contributed by atoms with Crippen LogP contribution in [0, 0.1) is 6.92 Å². The summed E-state index contributed by atoms with van der Waals surface area (Å²) in [6.07, 6.45) is 0. The zero-order chi connectivity index (χ0) is 13.1. The molecule has 0 amide bonds. The maximum absolute atomic E-state index is 12.0. The number of carbonyl (C=O) groups is 1. The molecule has 1 heterocycles. The van der Waals surface area contributed by atoms with E-state index in [4.69, 9.17) is 0 Å². The largest absolute Gasteiger partial charge is 0.292 e. The number of benzene rings is 1. The number of aromatic amines is 1. The maximum atomic E-state index is 12.0. The lowest BCUT2D eigenvalue weighted by Gasteiger charge is -2.06. The van der Waals surface area contributed by atoms with Crippen molar-refractivity contribution in [2.75, 3.05) is 0 Å². The van der Waals surface area contributed by atoms with Gasteiger partial charge in [-0.15, -0.1) is 0 Å². The van der Waals surface area contributed by atoms with E-state index < -0.39 is 11.1 Å². The van der Waals surface area contributed by atoms with E-state index in [2.05, 4.69) is 5.10 Å². The Morgan fingerprint density at radius 2 is 1.89 bits per heavy atom. The smallest absolute Gasteiger partial charge is 0.265 e. The number of aromatic nitrogens is 2. The average molecular weight is 244 g/mol. The van der Waals surface area contributed by atoms with Crippen LogP contribution in [0.1, 0.15) is 15.9 Å². The lowest BCUT2D eigenvalue weighted by atomic mass is 10.1. The average Bonchev–Trinajstić information content (AvgIpc) is 2.34. The van der Waals surface area contributed by atoms with Gasteiger partial charge in [0.1, 0.15) is 6.54 Å². The van der Waals surface area contributed by atoms with E-state index in [-0.39, 0.29) is 12.3 Å². The normalized spacial score (nSPS) is 10.3. The van der Waals surface area contributed by atoms with Crippen molar-refractivity contribution >= 4 is 5.78 Å². The second-order valence-corrected chi connectivity index (χ2v) is 3.97. The molecule has 1 aromatic carbocycles. The molecule has 2 rings (SSSR count). The minimum atomic E-state index is -0.410. The van der Waals surface area contributed by atoms with Gasteiger partial charge in [-0.1, -0.05) is 24.3 Å². The van der Waals surface area contributed by atoms with Gasteiger partial charge in [-0.25, -0.2) is 4.68 Å². The number of Topliss-reactive ketones (excluding diaryl/α,β-unsaturated/α-hetero) is 1. The maximum Gasteiger partial charge on any atom is 0.265 e. The Balaban J connectivity index is 2.33. The second-order valence-electron chi connectivity index (χ2n) is 3.97. The van der Waals surface area contributed by atoms with Crippen molar-refractivity contribution in [1.29, 1.82) is 0 Å². The quantitative estimate of drug-likeness (QED) is 0.809. The van der Waals surface area contributed by atoms with Crippen LogP contribution in [-0.2, 0) is 6.54 Å². The lowest BCUT2D eigenvalue weighted by molar-refractivity contribution is 0.0965. The first-order valence-corrected chi connectivity index (χ1v) is 5.47. The predicted molar refractivity (Wildman–Crippen MR) is 66.8 cm³/mol. The van der Waals surface area contributed by atoms with Gasteiger partial charge in [0.05, 0.1) is 0 Å². The summed E-state index contributed by atoms with van der Waals surface area (Å²) >= 11 is 0. The third-order valence-electron chi connectivity index (χ3n) is 2.64. The monoisotopic (exact) mass is 244 g/mol. The van der Waals surface area contributed by atoms with E-state index in [9.17, 15) is 14.4 Å². The fraction of sp³-hybridized carbons (Fsp3) is 0.154. The highest BCUT2D eigenvalue weighted by Crippen LogP contribution is 2.08. The molecule has 5 nitrogen and oxygen atoms in total. The van der Waals surface area contributed by atoms with Gasteiger partial charge in [0, 0.05) is 17.7 Å². The van der Waals surface area contributed by atoms with Crippen LogP contribution in [0.3, 0.4) is 0 Å². The molecule has 0 spiro atoms. The Bertz CT molecular complexity index is 698. The molecule has 0 aliphatic carbocycles. The molecule has 0 bridgehead atoms. The minimum absolute atomic E-state index is 0.167. The van der Waals surface area contributed by atoms with Crippen molar-refractivity contribution in [2.24, 2.45) is 0 Å². The summed E-state index contributed by atoms with van der Waals surface area (Å²) in [6, 6.07) is 9.40. The van der Waals surface area contributed by atoms with Crippen molar-refractivity contribution in [3.05, 3.63) is 68.2 Å². The number of carbonyl (C=O) groups excluding carboxylic acids is 1. The summed E-state index contributed by atoms with van der Waals surface area (Å²) in [7, 11) is 0. The third-order valence-corrected chi connectivity index (χ3v) is 2.64. The summed E-state index contributed by atoms with van der Waals surface area (Å²) in [4.78, 5) is 34.6. The Kier molecular flexibility index (Phi) is 3.23. The van der Waals surface area contributed by atoms with Gasteiger partial charge in [0.25, 0.3) is 11.1 Å². The van der Waals surface area contributed by atoms with Crippen molar-refractivity contribution in [2.45, 2.75) is 13.5 Å². The highest BCUT2D eigenvalue weighted by molar-refractivity contribution is 5.97. The number of ketones is 1. The molecule has 18 heavy (non-hydrogen) atoms. The van der Waals surface area contributed by atoms with Crippen molar-refractivity contribution in [3.63, 3.8) is 0 Å². The topological polar surface area (TPSA) is 71.9 Å². The van der Waals surface area contributed by atoms with Crippen LogP contribution in [0.25, 0.3) is 0 Å². The molecule has 0 radical (unpaired) electrons. The van der Waals surface area contributed by atoms with Gasteiger partial charge < -0.3 is 0 Å². The minimum Gasteiger partial charge on any atom is -0.292 e. The SMILES string of the molecule is Cc1ccccc1C(=O)Cn1[nH]c(=O)ccc1=O. The molecular weight excluding hydrogens is 232 g/mol. The fourth-order valence-corrected chi connectivity index (χ4v) is 1.69. The molecule has 0 aliphatic rings. The summed E-state index contributed by atoms with van der Waals surface area (Å²) in [6.45, 7) is 1.66. The fourth-order valence-electron chi connectivity index (χ4n) is 1.69. The number of rotatable bonds is 3. The Morgan fingerprint density at radius 1 is 1.17 bits per heavy atom. The van der Waals surface area contributed by atoms with Crippen LogP contribution >= 0.6 is 0 Å². The Morgan fingerprint density at radius 3 is 2.61 bits per heavy atom. The molecule has 1 N–H and O–H groups in total. The van der Waals surface area contributed by atoms with Gasteiger partial charge in [-0.2, -0.15) is 0 Å². The second kappa shape index (κ2) is 4.83. The van der Waals surface area contributed by atoms with Gasteiger partial charge in [0.15, 0.2) is 5.78 Å². The Hall–Kier alpha value is -2.43.